The minimum Gasteiger partial charge on any atom is -0.308 e. The van der Waals surface area contributed by atoms with Crippen LogP contribution in [0.3, 0.4) is 0 Å². The molecular weight excluding hydrogens is 276 g/mol. The van der Waals surface area contributed by atoms with Crippen LogP contribution in [0.2, 0.25) is 0 Å². The van der Waals surface area contributed by atoms with Gasteiger partial charge in [0, 0.05) is 18.0 Å². The molecule has 1 unspecified atom stereocenters. The van der Waals surface area contributed by atoms with Gasteiger partial charge >= 0.3 is 0 Å². The van der Waals surface area contributed by atoms with E-state index in [1.54, 1.807) is 0 Å². The van der Waals surface area contributed by atoms with Gasteiger partial charge in [0.05, 0.1) is 10.7 Å². The van der Waals surface area contributed by atoms with E-state index in [2.05, 4.69) is 24.5 Å². The molecule has 5 rings (SSSR count). The maximum atomic E-state index is 4.70. The lowest BCUT2D eigenvalue weighted by Crippen LogP contribution is -2.54. The largest absolute Gasteiger partial charge is 0.308 e. The lowest BCUT2D eigenvalue weighted by atomic mass is 9.48. The Morgan fingerprint density at radius 3 is 2.38 bits per heavy atom. The summed E-state index contributed by atoms with van der Waals surface area (Å²) < 4.78 is 0. The highest BCUT2D eigenvalue weighted by molar-refractivity contribution is 7.09. The van der Waals surface area contributed by atoms with E-state index >= 15 is 0 Å². The van der Waals surface area contributed by atoms with Crippen molar-refractivity contribution in [1.29, 1.82) is 0 Å². The molecule has 21 heavy (non-hydrogen) atoms. The van der Waals surface area contributed by atoms with Crippen LogP contribution in [-0.4, -0.2) is 11.0 Å². The third-order valence-corrected chi connectivity index (χ3v) is 7.54. The van der Waals surface area contributed by atoms with Crippen molar-refractivity contribution in [2.45, 2.75) is 71.4 Å². The molecule has 1 heterocycles. The smallest absolute Gasteiger partial charge is 0.0926 e. The van der Waals surface area contributed by atoms with Crippen LogP contribution in [0.4, 0.5) is 0 Å². The second kappa shape index (κ2) is 5.34. The Labute approximate surface area is 132 Å². The second-order valence-corrected chi connectivity index (χ2v) is 8.91. The normalized spacial score (nSPS) is 38.9. The molecule has 0 amide bonds. The number of hydrogen-bond donors (Lipinski definition) is 1. The Morgan fingerprint density at radius 2 is 1.86 bits per heavy atom. The molecule has 1 aromatic rings. The number of thiazole rings is 1. The van der Waals surface area contributed by atoms with E-state index in [0.29, 0.717) is 11.5 Å². The van der Waals surface area contributed by atoms with Crippen LogP contribution >= 0.6 is 11.3 Å². The van der Waals surface area contributed by atoms with Gasteiger partial charge in [-0.05, 0) is 75.0 Å². The molecule has 4 bridgehead atoms. The first-order valence-corrected chi connectivity index (χ1v) is 9.71. The standard InChI is InChI=1S/C18H28N2S/c1-3-17-20-16(11-21-17)10-19-12(2)18-7-13-4-14(8-18)6-15(5-13)9-18/h11-15,19H,3-10H2,1-2H3. The Bertz CT molecular complexity index is 472. The minimum atomic E-state index is 0.609. The lowest BCUT2D eigenvalue weighted by molar-refractivity contribution is -0.0707. The minimum absolute atomic E-state index is 0.609. The molecule has 4 saturated carbocycles. The Balaban J connectivity index is 1.41. The fourth-order valence-corrected chi connectivity index (χ4v) is 6.52. The van der Waals surface area contributed by atoms with Gasteiger partial charge in [-0.2, -0.15) is 0 Å². The molecule has 0 saturated heterocycles. The average molecular weight is 305 g/mol. The predicted molar refractivity (Wildman–Crippen MR) is 88.4 cm³/mol. The van der Waals surface area contributed by atoms with Crippen LogP contribution in [0.15, 0.2) is 5.38 Å². The summed E-state index contributed by atoms with van der Waals surface area (Å²) >= 11 is 1.81. The first-order valence-electron chi connectivity index (χ1n) is 8.83. The summed E-state index contributed by atoms with van der Waals surface area (Å²) in [5.74, 6) is 3.14. The summed E-state index contributed by atoms with van der Waals surface area (Å²) in [6, 6.07) is 0.651. The molecule has 4 aliphatic rings. The van der Waals surface area contributed by atoms with Crippen LogP contribution < -0.4 is 5.32 Å². The van der Waals surface area contributed by atoms with Crippen LogP contribution in [0.5, 0.6) is 0 Å². The highest BCUT2D eigenvalue weighted by Crippen LogP contribution is 2.61. The molecule has 3 heteroatoms. The maximum absolute atomic E-state index is 4.70. The van der Waals surface area contributed by atoms with Crippen molar-refractivity contribution >= 4 is 11.3 Å². The summed E-state index contributed by atoms with van der Waals surface area (Å²) in [5.41, 5.74) is 1.85. The fourth-order valence-electron chi connectivity index (χ4n) is 5.77. The van der Waals surface area contributed by atoms with E-state index in [0.717, 1.165) is 30.7 Å². The Hall–Kier alpha value is -0.410. The number of hydrogen-bond acceptors (Lipinski definition) is 3. The molecule has 0 spiro atoms. The SMILES string of the molecule is CCc1nc(CNC(C)C23CC4CC(CC(C4)C2)C3)cs1. The molecule has 4 aliphatic carbocycles. The van der Waals surface area contributed by atoms with Crippen molar-refractivity contribution in [3.05, 3.63) is 16.1 Å². The highest BCUT2D eigenvalue weighted by Gasteiger charge is 2.52. The first kappa shape index (κ1) is 14.2. The molecule has 1 atom stereocenters. The van der Waals surface area contributed by atoms with Crippen molar-refractivity contribution in [1.82, 2.24) is 10.3 Å². The number of aromatic nitrogens is 1. The van der Waals surface area contributed by atoms with Crippen molar-refractivity contribution in [3.8, 4) is 0 Å². The lowest BCUT2D eigenvalue weighted by Gasteiger charge is -2.59. The molecule has 4 fully saturated rings. The van der Waals surface area contributed by atoms with Gasteiger partial charge in [-0.3, -0.25) is 0 Å². The van der Waals surface area contributed by atoms with E-state index in [-0.39, 0.29) is 0 Å². The molecule has 1 aromatic heterocycles. The van der Waals surface area contributed by atoms with Crippen molar-refractivity contribution < 1.29 is 0 Å². The number of nitrogens with zero attached hydrogens (tertiary/aromatic N) is 1. The summed E-state index contributed by atoms with van der Waals surface area (Å²) in [6.45, 7) is 5.59. The van der Waals surface area contributed by atoms with Gasteiger partial charge in [-0.15, -0.1) is 11.3 Å². The summed E-state index contributed by atoms with van der Waals surface area (Å²) in [7, 11) is 0. The quantitative estimate of drug-likeness (QED) is 0.872. The zero-order valence-electron chi connectivity index (χ0n) is 13.4. The van der Waals surface area contributed by atoms with E-state index in [9.17, 15) is 0 Å². The second-order valence-electron chi connectivity index (χ2n) is 7.97. The van der Waals surface area contributed by atoms with Crippen molar-refractivity contribution in [2.24, 2.45) is 23.2 Å². The van der Waals surface area contributed by atoms with E-state index in [4.69, 9.17) is 4.98 Å². The van der Waals surface area contributed by atoms with Gasteiger partial charge in [-0.1, -0.05) is 6.92 Å². The number of nitrogens with one attached hydrogen (secondary N) is 1. The van der Waals surface area contributed by atoms with Crippen LogP contribution in [0, 0.1) is 23.2 Å². The van der Waals surface area contributed by atoms with E-state index in [1.807, 2.05) is 11.3 Å². The van der Waals surface area contributed by atoms with Crippen LogP contribution in [0.1, 0.15) is 63.1 Å². The average Bonchev–Trinajstić information content (AvgIpc) is 2.91. The molecule has 0 radical (unpaired) electrons. The zero-order valence-corrected chi connectivity index (χ0v) is 14.2. The monoisotopic (exact) mass is 304 g/mol. The molecule has 2 nitrogen and oxygen atoms in total. The highest BCUT2D eigenvalue weighted by atomic mass is 32.1. The Morgan fingerprint density at radius 1 is 1.24 bits per heavy atom. The Kier molecular flexibility index (Phi) is 3.61. The third-order valence-electron chi connectivity index (χ3n) is 6.50. The first-order chi connectivity index (χ1) is 10.2. The van der Waals surface area contributed by atoms with Gasteiger partial charge in [0.25, 0.3) is 0 Å². The zero-order chi connectivity index (χ0) is 14.4. The molecule has 1 N–H and O–H groups in total. The fraction of sp³-hybridized carbons (Fsp3) is 0.833. The number of aryl methyl sites for hydroxylation is 1. The topological polar surface area (TPSA) is 24.9 Å². The van der Waals surface area contributed by atoms with E-state index in [1.165, 1.54) is 49.2 Å². The molecule has 0 aromatic carbocycles. The maximum Gasteiger partial charge on any atom is 0.0926 e. The third kappa shape index (κ3) is 2.57. The predicted octanol–water partition coefficient (Wildman–Crippen LogP) is 4.40. The van der Waals surface area contributed by atoms with Crippen LogP contribution in [0.25, 0.3) is 0 Å². The molecule has 116 valence electrons. The van der Waals surface area contributed by atoms with Gasteiger partial charge in [0.15, 0.2) is 0 Å². The molecular formula is C18H28N2S. The van der Waals surface area contributed by atoms with Crippen LogP contribution in [-0.2, 0) is 13.0 Å². The van der Waals surface area contributed by atoms with Crippen molar-refractivity contribution in [2.75, 3.05) is 0 Å². The van der Waals surface area contributed by atoms with E-state index < -0.39 is 0 Å². The van der Waals surface area contributed by atoms with Gasteiger partial charge < -0.3 is 5.32 Å². The summed E-state index contributed by atoms with van der Waals surface area (Å²) in [5, 5.41) is 7.34. The van der Waals surface area contributed by atoms with Gasteiger partial charge in [0.1, 0.15) is 0 Å². The number of rotatable bonds is 5. The van der Waals surface area contributed by atoms with Gasteiger partial charge in [0.2, 0.25) is 0 Å². The molecule has 0 aliphatic heterocycles. The summed E-state index contributed by atoms with van der Waals surface area (Å²) in [4.78, 5) is 4.70. The van der Waals surface area contributed by atoms with Crippen molar-refractivity contribution in [3.63, 3.8) is 0 Å². The van der Waals surface area contributed by atoms with Gasteiger partial charge in [-0.25, -0.2) is 4.98 Å². The summed E-state index contributed by atoms with van der Waals surface area (Å²) in [6.07, 6.45) is 10.2.